The summed E-state index contributed by atoms with van der Waals surface area (Å²) >= 11 is 0. The highest BCUT2D eigenvalue weighted by molar-refractivity contribution is 7.89. The van der Waals surface area contributed by atoms with Crippen molar-refractivity contribution in [1.29, 1.82) is 0 Å². The molecule has 0 heterocycles. The molecule has 3 aromatic carbocycles. The lowest BCUT2D eigenvalue weighted by Gasteiger charge is -2.20. The normalized spacial score (nSPS) is 12.2. The summed E-state index contributed by atoms with van der Waals surface area (Å²) in [7, 11) is -2.61. The third-order valence-corrected chi connectivity index (χ3v) is 6.28. The second-order valence-corrected chi connectivity index (χ2v) is 9.06. The first kappa shape index (κ1) is 22.5. The molecule has 0 fully saturated rings. The number of methoxy groups -OCH3 is 1. The molecule has 0 aromatic heterocycles. The van der Waals surface area contributed by atoms with Crippen molar-refractivity contribution in [2.24, 2.45) is 0 Å². The van der Waals surface area contributed by atoms with Crippen molar-refractivity contribution >= 4 is 21.6 Å². The first-order valence-corrected chi connectivity index (χ1v) is 11.4. The Morgan fingerprint density at radius 1 is 0.935 bits per heavy atom. The summed E-state index contributed by atoms with van der Waals surface area (Å²) in [5.74, 6) is -0.222. The lowest BCUT2D eigenvalue weighted by Crippen LogP contribution is -2.45. The molecule has 0 aliphatic heterocycles. The van der Waals surface area contributed by atoms with Gasteiger partial charge in [0.2, 0.25) is 15.9 Å². The first-order chi connectivity index (χ1) is 14.8. The second-order valence-electron chi connectivity index (χ2n) is 7.38. The van der Waals surface area contributed by atoms with Gasteiger partial charge in [0.1, 0.15) is 16.7 Å². The van der Waals surface area contributed by atoms with Gasteiger partial charge in [-0.15, -0.1) is 0 Å². The largest absolute Gasteiger partial charge is 0.495 e. The third kappa shape index (κ3) is 5.93. The molecule has 162 valence electrons. The Bertz CT molecular complexity index is 1160. The Morgan fingerprint density at radius 2 is 1.65 bits per heavy atom. The van der Waals surface area contributed by atoms with Crippen LogP contribution in [0.2, 0.25) is 0 Å². The van der Waals surface area contributed by atoms with Gasteiger partial charge in [-0.05, 0) is 61.2 Å². The predicted molar refractivity (Wildman–Crippen MR) is 122 cm³/mol. The number of carbonyl (C=O) groups is 1. The molecule has 0 unspecified atom stereocenters. The van der Waals surface area contributed by atoms with Crippen LogP contribution < -0.4 is 14.8 Å². The van der Waals surface area contributed by atoms with Crippen LogP contribution in [0.25, 0.3) is 0 Å². The summed E-state index contributed by atoms with van der Waals surface area (Å²) in [6, 6.07) is 20.5. The van der Waals surface area contributed by atoms with Crippen molar-refractivity contribution in [2.45, 2.75) is 31.2 Å². The molecule has 6 nitrogen and oxygen atoms in total. The molecule has 3 aromatic rings. The van der Waals surface area contributed by atoms with E-state index in [1.165, 1.54) is 13.2 Å². The summed E-state index contributed by atoms with van der Waals surface area (Å²) in [6.07, 6.45) is 0.200. The molecule has 3 rings (SSSR count). The molecule has 0 saturated heterocycles. The molecule has 31 heavy (non-hydrogen) atoms. The SMILES string of the molecule is COc1ccc(C)cc1S(=O)(=O)N[C@@H](Cc1ccccc1)C(=O)Nc1cccc(C)c1. The average molecular weight is 439 g/mol. The third-order valence-electron chi connectivity index (χ3n) is 4.79. The van der Waals surface area contributed by atoms with Gasteiger partial charge in [0.05, 0.1) is 7.11 Å². The van der Waals surface area contributed by atoms with E-state index in [0.717, 1.165) is 16.7 Å². The minimum atomic E-state index is -4.03. The molecule has 1 amide bonds. The smallest absolute Gasteiger partial charge is 0.245 e. The van der Waals surface area contributed by atoms with Crippen LogP contribution in [0.5, 0.6) is 5.75 Å². The number of hydrogen-bond donors (Lipinski definition) is 2. The average Bonchev–Trinajstić information content (AvgIpc) is 2.74. The quantitative estimate of drug-likeness (QED) is 0.560. The number of ether oxygens (including phenoxy) is 1. The number of anilines is 1. The Balaban J connectivity index is 1.92. The van der Waals surface area contributed by atoms with Crippen molar-refractivity contribution < 1.29 is 17.9 Å². The summed E-state index contributed by atoms with van der Waals surface area (Å²) in [5.41, 5.74) is 3.20. The maximum Gasteiger partial charge on any atom is 0.245 e. The molecule has 7 heteroatoms. The summed E-state index contributed by atoms with van der Waals surface area (Å²) < 4.78 is 34.2. The fourth-order valence-electron chi connectivity index (χ4n) is 3.23. The molecule has 0 radical (unpaired) electrons. The van der Waals surface area contributed by atoms with Crippen LogP contribution in [-0.2, 0) is 21.2 Å². The van der Waals surface area contributed by atoms with Gasteiger partial charge in [0.25, 0.3) is 0 Å². The number of sulfonamides is 1. The van der Waals surface area contributed by atoms with E-state index >= 15 is 0 Å². The minimum Gasteiger partial charge on any atom is -0.495 e. The molecule has 2 N–H and O–H groups in total. The number of benzene rings is 3. The van der Waals surface area contributed by atoms with Gasteiger partial charge in [-0.1, -0.05) is 48.5 Å². The van der Waals surface area contributed by atoms with Crippen molar-refractivity contribution in [1.82, 2.24) is 4.72 Å². The van der Waals surface area contributed by atoms with Crippen LogP contribution in [-0.4, -0.2) is 27.5 Å². The van der Waals surface area contributed by atoms with Crippen molar-refractivity contribution in [3.8, 4) is 5.75 Å². The number of carbonyl (C=O) groups excluding carboxylic acids is 1. The van der Waals surface area contributed by atoms with Gasteiger partial charge in [0.15, 0.2) is 0 Å². The topological polar surface area (TPSA) is 84.5 Å². The van der Waals surface area contributed by atoms with Crippen LogP contribution in [0.4, 0.5) is 5.69 Å². The molecule has 0 aliphatic rings. The fraction of sp³-hybridized carbons (Fsp3) is 0.208. The zero-order valence-corrected chi connectivity index (χ0v) is 18.6. The standard InChI is InChI=1S/C24H26N2O4S/c1-17-8-7-11-20(14-17)25-24(27)21(16-19-9-5-4-6-10-19)26-31(28,29)23-15-18(2)12-13-22(23)30-3/h4-15,21,26H,16H2,1-3H3,(H,25,27)/t21-/m0/s1. The Labute approximate surface area is 183 Å². The molecule has 0 aliphatic carbocycles. The second kappa shape index (κ2) is 9.76. The molecular weight excluding hydrogens is 412 g/mol. The number of aryl methyl sites for hydroxylation is 2. The summed E-state index contributed by atoms with van der Waals surface area (Å²) in [4.78, 5) is 13.1. The van der Waals surface area contributed by atoms with Gasteiger partial charge in [0, 0.05) is 5.69 Å². The molecule has 0 saturated carbocycles. The monoisotopic (exact) mass is 438 g/mol. The fourth-order valence-corrected chi connectivity index (χ4v) is 4.68. The molecule has 1 atom stereocenters. The Kier molecular flexibility index (Phi) is 7.09. The molecule has 0 bridgehead atoms. The zero-order valence-electron chi connectivity index (χ0n) is 17.8. The highest BCUT2D eigenvalue weighted by Crippen LogP contribution is 2.25. The Morgan fingerprint density at radius 3 is 2.32 bits per heavy atom. The van der Waals surface area contributed by atoms with Crippen LogP contribution in [0.3, 0.4) is 0 Å². The number of rotatable bonds is 8. The van der Waals surface area contributed by atoms with E-state index in [1.54, 1.807) is 25.1 Å². The van der Waals surface area contributed by atoms with E-state index in [0.29, 0.717) is 5.69 Å². The van der Waals surface area contributed by atoms with Gasteiger partial charge >= 0.3 is 0 Å². The van der Waals surface area contributed by atoms with E-state index in [2.05, 4.69) is 10.0 Å². The zero-order chi connectivity index (χ0) is 22.4. The number of amides is 1. The minimum absolute atomic E-state index is 0.00332. The lowest BCUT2D eigenvalue weighted by molar-refractivity contribution is -0.117. The van der Waals surface area contributed by atoms with Crippen molar-refractivity contribution in [2.75, 3.05) is 12.4 Å². The van der Waals surface area contributed by atoms with Crippen LogP contribution in [0.15, 0.2) is 77.7 Å². The van der Waals surface area contributed by atoms with Crippen LogP contribution in [0, 0.1) is 13.8 Å². The highest BCUT2D eigenvalue weighted by atomic mass is 32.2. The Hall–Kier alpha value is -3.16. The summed E-state index contributed by atoms with van der Waals surface area (Å²) in [5, 5.41) is 2.82. The molecular formula is C24H26N2O4S. The van der Waals surface area contributed by atoms with Gasteiger partial charge in [-0.25, -0.2) is 8.42 Å². The van der Waals surface area contributed by atoms with E-state index < -0.39 is 22.0 Å². The van der Waals surface area contributed by atoms with Crippen molar-refractivity contribution in [3.63, 3.8) is 0 Å². The number of hydrogen-bond acceptors (Lipinski definition) is 4. The first-order valence-electron chi connectivity index (χ1n) is 9.87. The van der Waals surface area contributed by atoms with E-state index in [1.807, 2.05) is 55.5 Å². The van der Waals surface area contributed by atoms with Gasteiger partial charge in [-0.3, -0.25) is 4.79 Å². The van der Waals surface area contributed by atoms with Gasteiger partial charge in [-0.2, -0.15) is 4.72 Å². The maximum absolute atomic E-state index is 13.2. The van der Waals surface area contributed by atoms with E-state index in [-0.39, 0.29) is 17.1 Å². The van der Waals surface area contributed by atoms with Crippen LogP contribution in [0.1, 0.15) is 16.7 Å². The summed E-state index contributed by atoms with van der Waals surface area (Å²) in [6.45, 7) is 3.72. The molecule has 0 spiro atoms. The highest BCUT2D eigenvalue weighted by Gasteiger charge is 2.28. The number of nitrogens with one attached hydrogen (secondary N) is 2. The van der Waals surface area contributed by atoms with Crippen molar-refractivity contribution in [3.05, 3.63) is 89.5 Å². The maximum atomic E-state index is 13.2. The lowest BCUT2D eigenvalue weighted by atomic mass is 10.1. The van der Waals surface area contributed by atoms with E-state index in [4.69, 9.17) is 4.74 Å². The van der Waals surface area contributed by atoms with Crippen LogP contribution >= 0.6 is 0 Å². The predicted octanol–water partition coefficient (Wildman–Crippen LogP) is 3.84. The van der Waals surface area contributed by atoms with E-state index in [9.17, 15) is 13.2 Å². The van der Waals surface area contributed by atoms with Gasteiger partial charge < -0.3 is 10.1 Å².